The number of benzene rings is 1. The number of carbonyl (C=O) groups excluding carboxylic acids is 1. The van der Waals surface area contributed by atoms with Crippen LogP contribution in [0.5, 0.6) is 0 Å². The number of carbonyl (C=O) groups is 1. The van der Waals surface area contributed by atoms with Crippen molar-refractivity contribution in [3.63, 3.8) is 0 Å². The van der Waals surface area contributed by atoms with Crippen molar-refractivity contribution in [2.75, 3.05) is 13.1 Å². The second-order valence-electron chi connectivity index (χ2n) is 5.35. The highest BCUT2D eigenvalue weighted by atomic mass is 127. The average Bonchev–Trinajstić information content (AvgIpc) is 2.28. The first kappa shape index (κ1) is 15.6. The molecule has 1 aromatic carbocycles. The fourth-order valence-electron chi connectivity index (χ4n) is 1.84. The molecule has 0 amide bonds. The van der Waals surface area contributed by atoms with Crippen LogP contribution < -0.4 is 0 Å². The molecular weight excluding hydrogens is 337 g/mol. The Kier molecular flexibility index (Phi) is 6.29. The van der Waals surface area contributed by atoms with Crippen molar-refractivity contribution >= 4 is 28.4 Å². The lowest BCUT2D eigenvalue weighted by atomic mass is 10.1. The number of ketones is 1. The average molecular weight is 359 g/mol. The zero-order chi connectivity index (χ0) is 13.7. The van der Waals surface area contributed by atoms with Gasteiger partial charge in [-0.15, -0.1) is 0 Å². The second-order valence-corrected chi connectivity index (χ2v) is 6.59. The van der Waals surface area contributed by atoms with E-state index in [1.165, 1.54) is 0 Å². The Morgan fingerprint density at radius 2 is 1.72 bits per heavy atom. The number of Topliss-reactive ketones (excluding diaryl/α,β-unsaturated/α-hetero) is 1. The molecular formula is C15H22INO. The minimum Gasteiger partial charge on any atom is -0.293 e. The van der Waals surface area contributed by atoms with E-state index in [2.05, 4.69) is 55.2 Å². The maximum absolute atomic E-state index is 12.2. The Balaban J connectivity index is 2.69. The van der Waals surface area contributed by atoms with Crippen LogP contribution in [0.1, 0.15) is 38.1 Å². The number of nitrogens with zero attached hydrogens (tertiary/aromatic N) is 1. The van der Waals surface area contributed by atoms with Gasteiger partial charge in [0.05, 0.1) is 6.54 Å². The number of halogens is 1. The molecule has 0 aliphatic heterocycles. The zero-order valence-corrected chi connectivity index (χ0v) is 13.8. The highest BCUT2D eigenvalue weighted by Crippen LogP contribution is 2.10. The first-order valence-electron chi connectivity index (χ1n) is 6.43. The third-order valence-electron chi connectivity index (χ3n) is 2.84. The van der Waals surface area contributed by atoms with Crippen molar-refractivity contribution in [1.82, 2.24) is 4.90 Å². The Bertz CT molecular complexity index is 384. The summed E-state index contributed by atoms with van der Waals surface area (Å²) < 4.78 is 1.16. The van der Waals surface area contributed by atoms with Crippen LogP contribution in [0.2, 0.25) is 0 Å². The summed E-state index contributed by atoms with van der Waals surface area (Å²) in [6, 6.07) is 8.20. The summed E-state index contributed by atoms with van der Waals surface area (Å²) in [5.74, 6) is 0.790. The van der Waals surface area contributed by atoms with Gasteiger partial charge >= 0.3 is 0 Å². The monoisotopic (exact) mass is 359 g/mol. The predicted molar refractivity (Wildman–Crippen MR) is 85.0 cm³/mol. The van der Waals surface area contributed by atoms with Crippen LogP contribution in [0.3, 0.4) is 0 Å². The molecule has 18 heavy (non-hydrogen) atoms. The van der Waals surface area contributed by atoms with Gasteiger partial charge in [-0.1, -0.05) is 26.0 Å². The van der Waals surface area contributed by atoms with Gasteiger partial charge < -0.3 is 0 Å². The molecule has 0 unspecified atom stereocenters. The van der Waals surface area contributed by atoms with Gasteiger partial charge in [0.25, 0.3) is 0 Å². The molecule has 0 radical (unpaired) electrons. The third-order valence-corrected chi connectivity index (χ3v) is 3.56. The van der Waals surface area contributed by atoms with Crippen LogP contribution in [-0.4, -0.2) is 29.8 Å². The van der Waals surface area contributed by atoms with Crippen molar-refractivity contribution < 1.29 is 4.79 Å². The summed E-state index contributed by atoms with van der Waals surface area (Å²) in [5, 5.41) is 0. The van der Waals surface area contributed by atoms with Crippen LogP contribution in [0, 0.1) is 9.49 Å². The van der Waals surface area contributed by atoms with Crippen molar-refractivity contribution in [2.24, 2.45) is 5.92 Å². The standard InChI is InChI=1S/C15H22INO/c1-11(2)9-17(12(3)4)10-15(18)13-5-7-14(16)8-6-13/h5-8,11-12H,9-10H2,1-4H3. The van der Waals surface area contributed by atoms with Gasteiger partial charge in [0.2, 0.25) is 0 Å². The molecule has 1 aromatic rings. The normalized spacial score (nSPS) is 11.6. The molecule has 0 bridgehead atoms. The van der Waals surface area contributed by atoms with E-state index in [4.69, 9.17) is 0 Å². The largest absolute Gasteiger partial charge is 0.293 e. The summed E-state index contributed by atoms with van der Waals surface area (Å²) >= 11 is 2.25. The fraction of sp³-hybridized carbons (Fsp3) is 0.533. The van der Waals surface area contributed by atoms with E-state index in [0.29, 0.717) is 18.5 Å². The summed E-state index contributed by atoms with van der Waals surface area (Å²) in [6.45, 7) is 10.1. The summed E-state index contributed by atoms with van der Waals surface area (Å²) in [6.07, 6.45) is 0. The predicted octanol–water partition coefficient (Wildman–Crippen LogP) is 3.84. The van der Waals surface area contributed by atoms with Crippen LogP contribution in [0.4, 0.5) is 0 Å². The van der Waals surface area contributed by atoms with Gasteiger partial charge in [-0.2, -0.15) is 0 Å². The minimum absolute atomic E-state index is 0.209. The molecule has 0 aliphatic rings. The SMILES string of the molecule is CC(C)CN(CC(=O)c1ccc(I)cc1)C(C)C. The molecule has 2 nitrogen and oxygen atoms in total. The summed E-state index contributed by atoms with van der Waals surface area (Å²) in [5.41, 5.74) is 0.810. The fourth-order valence-corrected chi connectivity index (χ4v) is 2.20. The molecule has 0 N–H and O–H groups in total. The highest BCUT2D eigenvalue weighted by Gasteiger charge is 2.16. The molecule has 1 rings (SSSR count). The Morgan fingerprint density at radius 1 is 1.17 bits per heavy atom. The lowest BCUT2D eigenvalue weighted by Crippen LogP contribution is -2.38. The van der Waals surface area contributed by atoms with E-state index in [-0.39, 0.29) is 5.78 Å². The van der Waals surface area contributed by atoms with E-state index in [0.717, 1.165) is 15.7 Å². The van der Waals surface area contributed by atoms with Gasteiger partial charge in [-0.25, -0.2) is 0 Å². The van der Waals surface area contributed by atoms with Gasteiger partial charge in [-0.05, 0) is 54.5 Å². The van der Waals surface area contributed by atoms with Crippen LogP contribution in [0.15, 0.2) is 24.3 Å². The molecule has 3 heteroatoms. The number of rotatable bonds is 6. The van der Waals surface area contributed by atoms with E-state index in [1.807, 2.05) is 24.3 Å². The third kappa shape index (κ3) is 5.06. The van der Waals surface area contributed by atoms with Gasteiger partial charge in [0.15, 0.2) is 5.78 Å². The Morgan fingerprint density at radius 3 is 2.17 bits per heavy atom. The molecule has 0 fully saturated rings. The van der Waals surface area contributed by atoms with Crippen molar-refractivity contribution in [1.29, 1.82) is 0 Å². The molecule has 0 aromatic heterocycles. The number of hydrogen-bond donors (Lipinski definition) is 0. The summed E-state index contributed by atoms with van der Waals surface area (Å²) in [7, 11) is 0. The molecule has 100 valence electrons. The van der Waals surface area contributed by atoms with Crippen LogP contribution in [0.25, 0.3) is 0 Å². The quantitative estimate of drug-likeness (QED) is 0.568. The van der Waals surface area contributed by atoms with Crippen molar-refractivity contribution in [3.8, 4) is 0 Å². The van der Waals surface area contributed by atoms with Crippen LogP contribution >= 0.6 is 22.6 Å². The number of hydrogen-bond acceptors (Lipinski definition) is 2. The molecule has 0 atom stereocenters. The van der Waals surface area contributed by atoms with Gasteiger partial charge in [0.1, 0.15) is 0 Å². The molecule has 0 saturated heterocycles. The van der Waals surface area contributed by atoms with Gasteiger partial charge in [-0.3, -0.25) is 9.69 Å². The van der Waals surface area contributed by atoms with E-state index < -0.39 is 0 Å². The molecule has 0 saturated carbocycles. The summed E-state index contributed by atoms with van der Waals surface area (Å²) in [4.78, 5) is 14.4. The Labute approximate surface area is 124 Å². The van der Waals surface area contributed by atoms with E-state index >= 15 is 0 Å². The van der Waals surface area contributed by atoms with Crippen LogP contribution in [-0.2, 0) is 0 Å². The zero-order valence-electron chi connectivity index (χ0n) is 11.6. The van der Waals surface area contributed by atoms with Crippen molar-refractivity contribution in [3.05, 3.63) is 33.4 Å². The maximum atomic E-state index is 12.2. The molecule has 0 heterocycles. The smallest absolute Gasteiger partial charge is 0.176 e. The topological polar surface area (TPSA) is 20.3 Å². The maximum Gasteiger partial charge on any atom is 0.176 e. The first-order valence-corrected chi connectivity index (χ1v) is 7.51. The van der Waals surface area contributed by atoms with Crippen molar-refractivity contribution in [2.45, 2.75) is 33.7 Å². The second kappa shape index (κ2) is 7.24. The lowest BCUT2D eigenvalue weighted by Gasteiger charge is -2.27. The molecule has 0 aliphatic carbocycles. The van der Waals surface area contributed by atoms with Gasteiger partial charge in [0, 0.05) is 21.7 Å². The van der Waals surface area contributed by atoms with E-state index in [1.54, 1.807) is 0 Å². The Hall–Kier alpha value is -0.420. The lowest BCUT2D eigenvalue weighted by molar-refractivity contribution is 0.0893. The molecule has 0 spiro atoms. The highest BCUT2D eigenvalue weighted by molar-refractivity contribution is 14.1. The first-order chi connectivity index (χ1) is 8.40. The van der Waals surface area contributed by atoms with E-state index in [9.17, 15) is 4.79 Å². The minimum atomic E-state index is 0.209.